The number of carbonyl (C=O) groups is 2. The molecule has 0 bridgehead atoms. The average Bonchev–Trinajstić information content (AvgIpc) is 2.99. The van der Waals surface area contributed by atoms with E-state index in [4.69, 9.17) is 4.74 Å². The zero-order valence-electron chi connectivity index (χ0n) is 15.7. The maximum absolute atomic E-state index is 12.2. The van der Waals surface area contributed by atoms with Crippen LogP contribution >= 0.6 is 34.4 Å². The standard InChI is InChI=1S/C23H18INO3S/c1-2-25-22(26)21(29-23(25)27)13-15-8-10-20(19(24)12-15)28-14-16-7-9-17-5-3-4-6-18(17)11-16/h3-13H,2,14H2,1H3/b21-13+. The molecule has 1 saturated heterocycles. The number of likely N-dealkylation sites (N-methyl/N-ethyl adjacent to an activating group) is 1. The number of rotatable bonds is 5. The summed E-state index contributed by atoms with van der Waals surface area (Å²) >= 11 is 3.21. The Labute approximate surface area is 187 Å². The van der Waals surface area contributed by atoms with Gasteiger partial charge in [-0.3, -0.25) is 14.5 Å². The minimum Gasteiger partial charge on any atom is -0.488 e. The van der Waals surface area contributed by atoms with Crippen molar-refractivity contribution in [2.45, 2.75) is 13.5 Å². The molecule has 6 heteroatoms. The largest absolute Gasteiger partial charge is 0.488 e. The van der Waals surface area contributed by atoms with Crippen molar-refractivity contribution in [1.82, 2.24) is 4.90 Å². The molecule has 0 unspecified atom stereocenters. The second-order valence-electron chi connectivity index (χ2n) is 6.59. The summed E-state index contributed by atoms with van der Waals surface area (Å²) in [5, 5.41) is 2.19. The van der Waals surface area contributed by atoms with Gasteiger partial charge in [-0.05, 0) is 87.5 Å². The van der Waals surface area contributed by atoms with Crippen LogP contribution in [0.25, 0.3) is 16.8 Å². The Balaban J connectivity index is 1.48. The van der Waals surface area contributed by atoms with Crippen LogP contribution in [0, 0.1) is 3.57 Å². The number of ether oxygens (including phenoxy) is 1. The van der Waals surface area contributed by atoms with Gasteiger partial charge in [-0.1, -0.05) is 42.5 Å². The Hall–Kier alpha value is -2.32. The lowest BCUT2D eigenvalue weighted by atomic mass is 10.1. The Morgan fingerprint density at radius 1 is 1.03 bits per heavy atom. The van der Waals surface area contributed by atoms with Crippen molar-refractivity contribution in [1.29, 1.82) is 0 Å². The van der Waals surface area contributed by atoms with E-state index in [9.17, 15) is 9.59 Å². The molecule has 4 rings (SSSR count). The minimum atomic E-state index is -0.228. The van der Waals surface area contributed by atoms with Gasteiger partial charge in [0, 0.05) is 6.54 Å². The van der Waals surface area contributed by atoms with E-state index in [1.54, 1.807) is 13.0 Å². The lowest BCUT2D eigenvalue weighted by Gasteiger charge is -2.10. The molecule has 3 aromatic carbocycles. The number of fused-ring (bicyclic) bond motifs is 1. The summed E-state index contributed by atoms with van der Waals surface area (Å²) in [5.41, 5.74) is 1.98. The normalized spacial score (nSPS) is 15.5. The fourth-order valence-electron chi connectivity index (χ4n) is 3.14. The number of halogens is 1. The minimum absolute atomic E-state index is 0.214. The van der Waals surface area contributed by atoms with Crippen LogP contribution in [0.15, 0.2) is 65.6 Å². The molecule has 1 aliphatic rings. The maximum Gasteiger partial charge on any atom is 0.293 e. The van der Waals surface area contributed by atoms with Crippen molar-refractivity contribution in [3.8, 4) is 5.75 Å². The van der Waals surface area contributed by atoms with Crippen molar-refractivity contribution in [2.75, 3.05) is 6.54 Å². The highest BCUT2D eigenvalue weighted by molar-refractivity contribution is 14.1. The lowest BCUT2D eigenvalue weighted by Crippen LogP contribution is -2.27. The Bertz CT molecular complexity index is 1140. The number of hydrogen-bond donors (Lipinski definition) is 0. The molecule has 4 nitrogen and oxygen atoms in total. The van der Waals surface area contributed by atoms with Crippen LogP contribution in [-0.4, -0.2) is 22.6 Å². The van der Waals surface area contributed by atoms with Gasteiger partial charge >= 0.3 is 0 Å². The van der Waals surface area contributed by atoms with Gasteiger partial charge in [-0.25, -0.2) is 0 Å². The van der Waals surface area contributed by atoms with Crippen molar-refractivity contribution < 1.29 is 14.3 Å². The van der Waals surface area contributed by atoms with E-state index in [1.165, 1.54) is 15.7 Å². The molecule has 0 radical (unpaired) electrons. The van der Waals surface area contributed by atoms with Crippen molar-refractivity contribution >= 4 is 62.3 Å². The molecule has 0 N–H and O–H groups in total. The number of carbonyl (C=O) groups excluding carboxylic acids is 2. The van der Waals surface area contributed by atoms with Gasteiger partial charge < -0.3 is 4.74 Å². The summed E-state index contributed by atoms with van der Waals surface area (Å²) in [6.45, 7) is 2.67. The smallest absolute Gasteiger partial charge is 0.293 e. The first-order valence-corrected chi connectivity index (χ1v) is 11.1. The number of nitrogens with zero attached hydrogens (tertiary/aromatic N) is 1. The van der Waals surface area contributed by atoms with Crippen LogP contribution in [-0.2, 0) is 11.4 Å². The van der Waals surface area contributed by atoms with E-state index in [1.807, 2.05) is 30.3 Å². The topological polar surface area (TPSA) is 46.6 Å². The molecule has 1 aliphatic heterocycles. The zero-order chi connectivity index (χ0) is 20.4. The third-order valence-corrected chi connectivity index (χ3v) is 6.40. The third kappa shape index (κ3) is 4.33. The Morgan fingerprint density at radius 3 is 2.55 bits per heavy atom. The summed E-state index contributed by atoms with van der Waals surface area (Å²) in [4.78, 5) is 25.8. The molecule has 1 heterocycles. The highest BCUT2D eigenvalue weighted by atomic mass is 127. The number of hydrogen-bond acceptors (Lipinski definition) is 4. The first kappa shape index (κ1) is 20.0. The van der Waals surface area contributed by atoms with Gasteiger partial charge in [-0.15, -0.1) is 0 Å². The third-order valence-electron chi connectivity index (χ3n) is 4.65. The summed E-state index contributed by atoms with van der Waals surface area (Å²) < 4.78 is 6.96. The van der Waals surface area contributed by atoms with Crippen molar-refractivity contribution in [3.05, 3.63) is 80.3 Å². The van der Waals surface area contributed by atoms with E-state index < -0.39 is 0 Å². The SMILES string of the molecule is CCN1C(=O)S/C(=C/c2ccc(OCc3ccc4ccccc4c3)c(I)c2)C1=O. The van der Waals surface area contributed by atoms with Gasteiger partial charge in [0.15, 0.2) is 0 Å². The summed E-state index contributed by atoms with van der Waals surface area (Å²) in [6.07, 6.45) is 1.76. The summed E-state index contributed by atoms with van der Waals surface area (Å²) in [5.74, 6) is 0.562. The molecule has 1 fully saturated rings. The lowest BCUT2D eigenvalue weighted by molar-refractivity contribution is -0.122. The highest BCUT2D eigenvalue weighted by Gasteiger charge is 2.33. The highest BCUT2D eigenvalue weighted by Crippen LogP contribution is 2.33. The van der Waals surface area contributed by atoms with Crippen LogP contribution in [0.4, 0.5) is 4.79 Å². The van der Waals surface area contributed by atoms with Crippen molar-refractivity contribution in [2.24, 2.45) is 0 Å². The molecule has 0 aromatic heterocycles. The summed E-state index contributed by atoms with van der Waals surface area (Å²) in [7, 11) is 0. The average molecular weight is 515 g/mol. The number of amides is 2. The van der Waals surface area contributed by atoms with Gasteiger partial charge in [0.05, 0.1) is 8.48 Å². The van der Waals surface area contributed by atoms with E-state index in [0.717, 1.165) is 32.2 Å². The second-order valence-corrected chi connectivity index (χ2v) is 8.74. The van der Waals surface area contributed by atoms with Crippen molar-refractivity contribution in [3.63, 3.8) is 0 Å². The molecule has 29 heavy (non-hydrogen) atoms. The molecule has 2 amide bonds. The molecular formula is C23H18INO3S. The van der Waals surface area contributed by atoms with Gasteiger partial charge in [0.2, 0.25) is 0 Å². The number of imide groups is 1. The van der Waals surface area contributed by atoms with Crippen LogP contribution in [0.3, 0.4) is 0 Å². The fourth-order valence-corrected chi connectivity index (χ4v) is 4.74. The van der Waals surface area contributed by atoms with Gasteiger partial charge in [0.1, 0.15) is 12.4 Å². The van der Waals surface area contributed by atoms with E-state index >= 15 is 0 Å². The van der Waals surface area contributed by atoms with E-state index in [0.29, 0.717) is 18.1 Å². The molecule has 0 spiro atoms. The van der Waals surface area contributed by atoms with Crippen LogP contribution in [0.5, 0.6) is 5.75 Å². The molecule has 0 atom stereocenters. The van der Waals surface area contributed by atoms with Crippen LogP contribution in [0.2, 0.25) is 0 Å². The predicted octanol–water partition coefficient (Wildman–Crippen LogP) is 6.08. The number of benzene rings is 3. The van der Waals surface area contributed by atoms with Gasteiger partial charge in [-0.2, -0.15) is 0 Å². The molecule has 146 valence electrons. The van der Waals surface area contributed by atoms with Crippen LogP contribution < -0.4 is 4.74 Å². The van der Waals surface area contributed by atoms with E-state index in [2.05, 4.69) is 52.9 Å². The molecular weight excluding hydrogens is 497 g/mol. The zero-order valence-corrected chi connectivity index (χ0v) is 18.7. The van der Waals surface area contributed by atoms with E-state index in [-0.39, 0.29) is 11.1 Å². The number of thioether (sulfide) groups is 1. The molecule has 3 aromatic rings. The molecule has 0 aliphatic carbocycles. The Morgan fingerprint density at radius 2 is 1.83 bits per heavy atom. The van der Waals surface area contributed by atoms with Gasteiger partial charge in [0.25, 0.3) is 11.1 Å². The first-order valence-electron chi connectivity index (χ1n) is 9.20. The summed E-state index contributed by atoms with van der Waals surface area (Å²) in [6, 6.07) is 20.3. The monoisotopic (exact) mass is 515 g/mol. The quantitative estimate of drug-likeness (QED) is 0.305. The Kier molecular flexibility index (Phi) is 5.91. The second kappa shape index (κ2) is 8.59. The maximum atomic E-state index is 12.2. The molecule has 0 saturated carbocycles. The predicted molar refractivity (Wildman–Crippen MR) is 126 cm³/mol. The van der Waals surface area contributed by atoms with Crippen LogP contribution in [0.1, 0.15) is 18.1 Å². The first-order chi connectivity index (χ1) is 14.0. The fraction of sp³-hybridized carbons (Fsp3) is 0.130.